The summed E-state index contributed by atoms with van der Waals surface area (Å²) in [5, 5.41) is 13.4. The van der Waals surface area contributed by atoms with E-state index in [0.29, 0.717) is 28.6 Å². The van der Waals surface area contributed by atoms with Crippen molar-refractivity contribution >= 4 is 23.4 Å². The zero-order chi connectivity index (χ0) is 20.8. The molecule has 1 aliphatic carbocycles. The first kappa shape index (κ1) is 21.2. The van der Waals surface area contributed by atoms with Crippen molar-refractivity contribution in [1.29, 1.82) is 0 Å². The molecule has 1 amide bonds. The number of thioether (sulfide) groups is 1. The van der Waals surface area contributed by atoms with Crippen molar-refractivity contribution in [2.45, 2.75) is 56.6 Å². The Morgan fingerprint density at radius 3 is 2.72 bits per heavy atom. The topological polar surface area (TPSA) is 93.4 Å². The average molecular weight is 418 g/mol. The van der Waals surface area contributed by atoms with Gasteiger partial charge >= 0.3 is 0 Å². The Morgan fingerprint density at radius 2 is 2.03 bits per heavy atom. The number of nitrogens with one attached hydrogen (secondary N) is 1. The zero-order valence-electron chi connectivity index (χ0n) is 16.8. The number of methoxy groups -OCH3 is 1. The number of benzene rings is 1. The van der Waals surface area contributed by atoms with E-state index in [2.05, 4.69) is 10.3 Å². The van der Waals surface area contributed by atoms with Crippen LogP contribution in [-0.4, -0.2) is 33.4 Å². The normalized spacial score (nSPS) is 14.6. The standard InChI is InChI=1S/C21H27N3O4S/c1-3-15-19(26)23-21(24(20(15)27)14-9-5-4-6-10-14)29-13-18(25)22-16-11-7-8-12-17(16)28-2/h7-8,11-12,14,26H,3-6,9-10,13H2,1-2H3,(H,22,25). The molecule has 0 atom stereocenters. The number of hydrogen-bond donors (Lipinski definition) is 2. The molecule has 0 spiro atoms. The quantitative estimate of drug-likeness (QED) is 0.526. The fraction of sp³-hybridized carbons (Fsp3) is 0.476. The first-order valence-corrected chi connectivity index (χ1v) is 10.9. The third-order valence-corrected chi connectivity index (χ3v) is 6.11. The highest BCUT2D eigenvalue weighted by atomic mass is 32.2. The van der Waals surface area contributed by atoms with Crippen LogP contribution in [0.15, 0.2) is 34.2 Å². The molecule has 1 heterocycles. The fourth-order valence-electron chi connectivity index (χ4n) is 3.68. The van der Waals surface area contributed by atoms with Crippen molar-refractivity contribution in [3.05, 3.63) is 40.2 Å². The van der Waals surface area contributed by atoms with E-state index in [1.807, 2.05) is 19.1 Å². The Morgan fingerprint density at radius 1 is 1.31 bits per heavy atom. The lowest BCUT2D eigenvalue weighted by Gasteiger charge is -2.26. The van der Waals surface area contributed by atoms with Crippen molar-refractivity contribution in [2.75, 3.05) is 18.2 Å². The number of aromatic nitrogens is 2. The summed E-state index contributed by atoms with van der Waals surface area (Å²) in [6.45, 7) is 1.83. The zero-order valence-corrected chi connectivity index (χ0v) is 17.6. The molecule has 0 unspecified atom stereocenters. The highest BCUT2D eigenvalue weighted by molar-refractivity contribution is 7.99. The number of carbonyl (C=O) groups excluding carboxylic acids is 1. The molecule has 1 aliphatic rings. The van der Waals surface area contributed by atoms with Gasteiger partial charge in [-0.3, -0.25) is 14.2 Å². The van der Waals surface area contributed by atoms with Gasteiger partial charge in [0.25, 0.3) is 5.56 Å². The number of carbonyl (C=O) groups is 1. The van der Waals surface area contributed by atoms with Crippen molar-refractivity contribution < 1.29 is 14.6 Å². The fourth-order valence-corrected chi connectivity index (χ4v) is 4.53. The van der Waals surface area contributed by atoms with Crippen LogP contribution in [0, 0.1) is 0 Å². The smallest absolute Gasteiger partial charge is 0.261 e. The van der Waals surface area contributed by atoms with E-state index in [1.165, 1.54) is 18.2 Å². The van der Waals surface area contributed by atoms with Crippen molar-refractivity contribution in [1.82, 2.24) is 9.55 Å². The van der Waals surface area contributed by atoms with Crippen LogP contribution in [0.2, 0.25) is 0 Å². The molecular weight excluding hydrogens is 390 g/mol. The summed E-state index contributed by atoms with van der Waals surface area (Å²) in [5.74, 6) is 0.176. The molecule has 1 saturated carbocycles. The molecule has 0 radical (unpaired) electrons. The van der Waals surface area contributed by atoms with E-state index < -0.39 is 0 Å². The Hall–Kier alpha value is -2.48. The molecule has 2 aromatic rings. The maximum absolute atomic E-state index is 13.0. The van der Waals surface area contributed by atoms with Gasteiger partial charge in [-0.05, 0) is 31.4 Å². The third-order valence-electron chi connectivity index (χ3n) is 5.16. The molecule has 0 saturated heterocycles. The SMILES string of the molecule is CCc1c(O)nc(SCC(=O)Nc2ccccc2OC)n(C2CCCCC2)c1=O. The Kier molecular flexibility index (Phi) is 7.19. The number of rotatable bonds is 7. The van der Waals surface area contributed by atoms with E-state index >= 15 is 0 Å². The van der Waals surface area contributed by atoms with Crippen LogP contribution in [0.5, 0.6) is 11.6 Å². The van der Waals surface area contributed by atoms with Crippen LogP contribution in [0.4, 0.5) is 5.69 Å². The second-order valence-corrected chi connectivity index (χ2v) is 8.00. The van der Waals surface area contributed by atoms with Gasteiger partial charge in [0.2, 0.25) is 11.8 Å². The first-order chi connectivity index (χ1) is 14.0. The molecule has 156 valence electrons. The maximum Gasteiger partial charge on any atom is 0.261 e. The molecular formula is C21H27N3O4S. The molecule has 1 fully saturated rings. The minimum absolute atomic E-state index is 0.0643. The molecule has 1 aromatic carbocycles. The van der Waals surface area contributed by atoms with Crippen LogP contribution in [0.3, 0.4) is 0 Å². The Labute approximate surface area is 174 Å². The second kappa shape index (κ2) is 9.82. The molecule has 2 N–H and O–H groups in total. The molecule has 0 bridgehead atoms. The van der Waals surface area contributed by atoms with Crippen molar-refractivity contribution in [3.8, 4) is 11.6 Å². The maximum atomic E-state index is 13.0. The molecule has 8 heteroatoms. The number of nitrogens with zero attached hydrogens (tertiary/aromatic N) is 2. The summed E-state index contributed by atoms with van der Waals surface area (Å²) < 4.78 is 6.95. The van der Waals surface area contributed by atoms with Gasteiger partial charge in [-0.25, -0.2) is 0 Å². The second-order valence-electron chi connectivity index (χ2n) is 7.05. The minimum atomic E-state index is -0.239. The number of amides is 1. The lowest BCUT2D eigenvalue weighted by molar-refractivity contribution is -0.113. The number of para-hydroxylation sites is 2. The van der Waals surface area contributed by atoms with Gasteiger partial charge in [-0.1, -0.05) is 50.1 Å². The lowest BCUT2D eigenvalue weighted by atomic mass is 9.95. The molecule has 7 nitrogen and oxygen atoms in total. The van der Waals surface area contributed by atoms with Gasteiger partial charge in [0.1, 0.15) is 5.75 Å². The van der Waals surface area contributed by atoms with Crippen LogP contribution in [-0.2, 0) is 11.2 Å². The van der Waals surface area contributed by atoms with E-state index in [-0.39, 0.29) is 29.1 Å². The summed E-state index contributed by atoms with van der Waals surface area (Å²) in [7, 11) is 1.55. The summed E-state index contributed by atoms with van der Waals surface area (Å²) in [6.07, 6.45) is 5.55. The molecule has 1 aromatic heterocycles. The Bertz CT molecular complexity index is 923. The predicted molar refractivity (Wildman–Crippen MR) is 114 cm³/mol. The monoisotopic (exact) mass is 417 g/mol. The summed E-state index contributed by atoms with van der Waals surface area (Å²) >= 11 is 1.17. The van der Waals surface area contributed by atoms with Crippen LogP contribution in [0.1, 0.15) is 50.6 Å². The van der Waals surface area contributed by atoms with Gasteiger partial charge in [0.05, 0.1) is 24.1 Å². The van der Waals surface area contributed by atoms with Gasteiger partial charge in [-0.2, -0.15) is 4.98 Å². The number of aromatic hydroxyl groups is 1. The third kappa shape index (κ3) is 4.93. The van der Waals surface area contributed by atoms with Crippen LogP contribution in [0.25, 0.3) is 0 Å². The highest BCUT2D eigenvalue weighted by Crippen LogP contribution is 2.31. The van der Waals surface area contributed by atoms with E-state index in [1.54, 1.807) is 23.8 Å². The van der Waals surface area contributed by atoms with Gasteiger partial charge in [-0.15, -0.1) is 0 Å². The number of ether oxygens (including phenoxy) is 1. The van der Waals surface area contributed by atoms with Gasteiger partial charge in [0, 0.05) is 6.04 Å². The first-order valence-electron chi connectivity index (χ1n) is 9.95. The predicted octanol–water partition coefficient (Wildman–Crippen LogP) is 3.76. The number of hydrogen-bond acceptors (Lipinski definition) is 6. The van der Waals surface area contributed by atoms with Gasteiger partial charge < -0.3 is 15.2 Å². The summed E-state index contributed by atoms with van der Waals surface area (Å²) in [5.41, 5.74) is 0.723. The van der Waals surface area contributed by atoms with Gasteiger partial charge in [0.15, 0.2) is 5.16 Å². The summed E-state index contributed by atoms with van der Waals surface area (Å²) in [6, 6.07) is 7.24. The lowest BCUT2D eigenvalue weighted by Crippen LogP contribution is -2.31. The van der Waals surface area contributed by atoms with E-state index in [0.717, 1.165) is 25.7 Å². The Balaban J connectivity index is 1.80. The number of anilines is 1. The molecule has 29 heavy (non-hydrogen) atoms. The van der Waals surface area contributed by atoms with E-state index in [9.17, 15) is 14.7 Å². The van der Waals surface area contributed by atoms with Crippen molar-refractivity contribution in [3.63, 3.8) is 0 Å². The average Bonchev–Trinajstić information content (AvgIpc) is 2.73. The van der Waals surface area contributed by atoms with Crippen LogP contribution < -0.4 is 15.6 Å². The molecule has 3 rings (SSSR count). The van der Waals surface area contributed by atoms with E-state index in [4.69, 9.17) is 4.74 Å². The largest absolute Gasteiger partial charge is 0.495 e. The minimum Gasteiger partial charge on any atom is -0.495 e. The highest BCUT2D eigenvalue weighted by Gasteiger charge is 2.24. The van der Waals surface area contributed by atoms with Crippen molar-refractivity contribution in [2.24, 2.45) is 0 Å². The summed E-state index contributed by atoms with van der Waals surface area (Å²) in [4.78, 5) is 29.7. The molecule has 0 aliphatic heterocycles. The van der Waals surface area contributed by atoms with Crippen LogP contribution >= 0.6 is 11.8 Å².